The minimum Gasteiger partial charge on any atom is -0.462 e. The van der Waals surface area contributed by atoms with Crippen molar-refractivity contribution in [2.45, 2.75) is 13.0 Å². The Kier molecular flexibility index (Phi) is 3.84. The molecule has 1 amide bonds. The van der Waals surface area contributed by atoms with Gasteiger partial charge in [0, 0.05) is 10.6 Å². The lowest BCUT2D eigenvalue weighted by molar-refractivity contribution is 0.100. The molecule has 4 nitrogen and oxygen atoms in total. The standard InChI is InChI=1S/C12H11ClN2O2S/c1-7(8-4-2-3-5-9(8)13)17-12-15-6-10(18-12)11(14)16/h2-7H,1H3,(H2,14,16)/t7-/m1/s1. The topological polar surface area (TPSA) is 65.2 Å². The summed E-state index contributed by atoms with van der Waals surface area (Å²) in [7, 11) is 0. The van der Waals surface area contributed by atoms with Crippen LogP contribution >= 0.6 is 22.9 Å². The fourth-order valence-electron chi connectivity index (χ4n) is 1.45. The first-order valence-electron chi connectivity index (χ1n) is 5.24. The van der Waals surface area contributed by atoms with Gasteiger partial charge in [-0.1, -0.05) is 41.1 Å². The summed E-state index contributed by atoms with van der Waals surface area (Å²) in [5, 5.41) is 1.04. The van der Waals surface area contributed by atoms with E-state index in [9.17, 15) is 4.79 Å². The number of halogens is 1. The Hall–Kier alpha value is -1.59. The van der Waals surface area contributed by atoms with E-state index >= 15 is 0 Å². The van der Waals surface area contributed by atoms with Gasteiger partial charge in [0.05, 0.1) is 6.20 Å². The van der Waals surface area contributed by atoms with Gasteiger partial charge in [0.15, 0.2) is 0 Å². The number of carbonyl (C=O) groups excluding carboxylic acids is 1. The van der Waals surface area contributed by atoms with Gasteiger partial charge in [-0.15, -0.1) is 0 Å². The molecule has 18 heavy (non-hydrogen) atoms. The Morgan fingerprint density at radius 3 is 2.83 bits per heavy atom. The third kappa shape index (κ3) is 2.80. The summed E-state index contributed by atoms with van der Waals surface area (Å²) in [4.78, 5) is 15.3. The van der Waals surface area contributed by atoms with E-state index in [4.69, 9.17) is 22.1 Å². The second-order valence-corrected chi connectivity index (χ2v) is 5.04. The first-order valence-corrected chi connectivity index (χ1v) is 6.44. The number of ether oxygens (including phenoxy) is 1. The van der Waals surface area contributed by atoms with Gasteiger partial charge in [-0.3, -0.25) is 4.79 Å². The molecule has 2 rings (SSSR count). The molecule has 1 aromatic carbocycles. The molecule has 0 unspecified atom stereocenters. The van der Waals surface area contributed by atoms with Crippen LogP contribution in [0.4, 0.5) is 0 Å². The summed E-state index contributed by atoms with van der Waals surface area (Å²) in [6.45, 7) is 1.87. The molecule has 0 aliphatic rings. The fraction of sp³-hybridized carbons (Fsp3) is 0.167. The maximum absolute atomic E-state index is 10.9. The highest BCUT2D eigenvalue weighted by Crippen LogP contribution is 2.29. The lowest BCUT2D eigenvalue weighted by Gasteiger charge is -2.13. The Balaban J connectivity index is 2.13. The second-order valence-electron chi connectivity index (χ2n) is 3.64. The van der Waals surface area contributed by atoms with E-state index < -0.39 is 5.91 Å². The highest BCUT2D eigenvalue weighted by molar-refractivity contribution is 7.15. The van der Waals surface area contributed by atoms with Crippen molar-refractivity contribution in [3.8, 4) is 5.19 Å². The van der Waals surface area contributed by atoms with E-state index in [-0.39, 0.29) is 6.10 Å². The molecule has 0 saturated carbocycles. The molecule has 0 fully saturated rings. The number of carbonyl (C=O) groups is 1. The molecular weight excluding hydrogens is 272 g/mol. The molecule has 1 atom stereocenters. The van der Waals surface area contributed by atoms with Crippen molar-refractivity contribution in [3.63, 3.8) is 0 Å². The number of hydrogen-bond acceptors (Lipinski definition) is 4. The van der Waals surface area contributed by atoms with Gasteiger partial charge in [-0.2, -0.15) is 0 Å². The normalized spacial score (nSPS) is 12.1. The SMILES string of the molecule is C[C@@H](Oc1ncc(C(N)=O)s1)c1ccccc1Cl. The van der Waals surface area contributed by atoms with Gasteiger partial charge in [-0.05, 0) is 13.0 Å². The largest absolute Gasteiger partial charge is 0.462 e. The van der Waals surface area contributed by atoms with Crippen molar-refractivity contribution in [2.75, 3.05) is 0 Å². The summed E-state index contributed by atoms with van der Waals surface area (Å²) in [6.07, 6.45) is 1.16. The lowest BCUT2D eigenvalue weighted by atomic mass is 10.1. The van der Waals surface area contributed by atoms with Crippen molar-refractivity contribution < 1.29 is 9.53 Å². The van der Waals surface area contributed by atoms with Gasteiger partial charge >= 0.3 is 0 Å². The van der Waals surface area contributed by atoms with E-state index in [0.29, 0.717) is 15.1 Å². The molecule has 0 aliphatic carbocycles. The van der Waals surface area contributed by atoms with Crippen LogP contribution in [0.3, 0.4) is 0 Å². The summed E-state index contributed by atoms with van der Waals surface area (Å²) in [6, 6.07) is 7.42. The van der Waals surface area contributed by atoms with Gasteiger partial charge < -0.3 is 10.5 Å². The molecule has 0 radical (unpaired) electrons. The number of aromatic nitrogens is 1. The number of primary amides is 1. The van der Waals surface area contributed by atoms with Crippen molar-refractivity contribution >= 4 is 28.8 Å². The minimum absolute atomic E-state index is 0.245. The molecule has 6 heteroatoms. The van der Waals surface area contributed by atoms with Crippen molar-refractivity contribution in [3.05, 3.63) is 45.9 Å². The van der Waals surface area contributed by atoms with Gasteiger partial charge in [0.2, 0.25) is 0 Å². The summed E-state index contributed by atoms with van der Waals surface area (Å²) >= 11 is 7.19. The van der Waals surface area contributed by atoms with E-state index in [1.54, 1.807) is 6.07 Å². The van der Waals surface area contributed by atoms with Crippen LogP contribution in [0, 0.1) is 0 Å². The molecule has 1 heterocycles. The average Bonchev–Trinajstić information content (AvgIpc) is 2.78. The Morgan fingerprint density at radius 1 is 1.50 bits per heavy atom. The predicted molar refractivity (Wildman–Crippen MR) is 71.1 cm³/mol. The van der Waals surface area contributed by atoms with Crippen LogP contribution in [-0.2, 0) is 0 Å². The minimum atomic E-state index is -0.507. The number of nitrogens with zero attached hydrogens (tertiary/aromatic N) is 1. The zero-order valence-electron chi connectivity index (χ0n) is 9.59. The van der Waals surface area contributed by atoms with Crippen LogP contribution in [0.25, 0.3) is 0 Å². The average molecular weight is 283 g/mol. The molecule has 0 bridgehead atoms. The quantitative estimate of drug-likeness (QED) is 0.937. The van der Waals surface area contributed by atoms with E-state index in [0.717, 1.165) is 16.9 Å². The van der Waals surface area contributed by atoms with E-state index in [1.165, 1.54) is 6.20 Å². The smallest absolute Gasteiger partial charge is 0.274 e. The maximum Gasteiger partial charge on any atom is 0.274 e. The van der Waals surface area contributed by atoms with Crippen molar-refractivity contribution in [2.24, 2.45) is 5.73 Å². The maximum atomic E-state index is 10.9. The summed E-state index contributed by atoms with van der Waals surface area (Å²) in [5.74, 6) is -0.507. The number of nitrogens with two attached hydrogens (primary N) is 1. The van der Waals surface area contributed by atoms with Crippen molar-refractivity contribution in [1.29, 1.82) is 0 Å². The van der Waals surface area contributed by atoms with E-state index in [2.05, 4.69) is 4.98 Å². The second kappa shape index (κ2) is 5.37. The predicted octanol–water partition coefficient (Wildman–Crippen LogP) is 3.04. The molecule has 1 aromatic heterocycles. The first kappa shape index (κ1) is 12.9. The third-order valence-corrected chi connectivity index (χ3v) is 3.60. The van der Waals surface area contributed by atoms with Crippen LogP contribution in [-0.4, -0.2) is 10.9 Å². The number of rotatable bonds is 4. The first-order chi connectivity index (χ1) is 8.58. The highest BCUT2D eigenvalue weighted by atomic mass is 35.5. The molecule has 2 N–H and O–H groups in total. The summed E-state index contributed by atoms with van der Waals surface area (Å²) < 4.78 is 5.63. The van der Waals surface area contributed by atoms with Crippen LogP contribution in [0.15, 0.2) is 30.5 Å². The zero-order valence-corrected chi connectivity index (χ0v) is 11.2. The lowest BCUT2D eigenvalue weighted by Crippen LogP contribution is -2.08. The fourth-order valence-corrected chi connectivity index (χ4v) is 2.43. The van der Waals surface area contributed by atoms with Crippen LogP contribution < -0.4 is 10.5 Å². The van der Waals surface area contributed by atoms with Crippen LogP contribution in [0.1, 0.15) is 28.3 Å². The number of benzene rings is 1. The van der Waals surface area contributed by atoms with Gasteiger partial charge in [0.25, 0.3) is 11.1 Å². The Labute approximate surface area is 113 Å². The summed E-state index contributed by atoms with van der Waals surface area (Å²) in [5.41, 5.74) is 6.02. The molecule has 0 saturated heterocycles. The molecular formula is C12H11ClN2O2S. The van der Waals surface area contributed by atoms with Crippen molar-refractivity contribution in [1.82, 2.24) is 4.98 Å². The highest BCUT2D eigenvalue weighted by Gasteiger charge is 2.14. The number of hydrogen-bond donors (Lipinski definition) is 1. The van der Waals surface area contributed by atoms with Crippen LogP contribution in [0.2, 0.25) is 5.02 Å². The molecule has 94 valence electrons. The van der Waals surface area contributed by atoms with Gasteiger partial charge in [-0.25, -0.2) is 4.98 Å². The Morgan fingerprint density at radius 2 is 2.22 bits per heavy atom. The van der Waals surface area contributed by atoms with E-state index in [1.807, 2.05) is 25.1 Å². The zero-order chi connectivity index (χ0) is 13.1. The molecule has 0 spiro atoms. The number of thiazole rings is 1. The van der Waals surface area contributed by atoms with Gasteiger partial charge in [0.1, 0.15) is 11.0 Å². The monoisotopic (exact) mass is 282 g/mol. The third-order valence-electron chi connectivity index (χ3n) is 2.35. The number of amides is 1. The molecule has 2 aromatic rings. The Bertz CT molecular complexity index is 571. The molecule has 0 aliphatic heterocycles. The van der Waals surface area contributed by atoms with Crippen LogP contribution in [0.5, 0.6) is 5.19 Å².